The first-order chi connectivity index (χ1) is 11.8. The van der Waals surface area contributed by atoms with Gasteiger partial charge in [-0.2, -0.15) is 0 Å². The third kappa shape index (κ3) is 5.87. The van der Waals surface area contributed by atoms with Gasteiger partial charge in [0, 0.05) is 24.5 Å². The quantitative estimate of drug-likeness (QED) is 0.890. The number of aryl methyl sites for hydroxylation is 1. The topological polar surface area (TPSA) is 49.4 Å². The zero-order chi connectivity index (χ0) is 18.4. The fourth-order valence-corrected chi connectivity index (χ4v) is 3.31. The molecule has 0 aliphatic carbocycles. The SMILES string of the molecule is C[C@@H](CCc1ccccc1)NC(=O)[C@H]1CCCN(C(=O)C(C)(C)C)C1. The molecule has 1 aliphatic heterocycles. The molecule has 2 atom stereocenters. The molecule has 0 saturated carbocycles. The van der Waals surface area contributed by atoms with Crippen LogP contribution >= 0.6 is 0 Å². The number of amides is 2. The van der Waals surface area contributed by atoms with Gasteiger partial charge in [-0.15, -0.1) is 0 Å². The number of carbonyl (C=O) groups excluding carboxylic acids is 2. The summed E-state index contributed by atoms with van der Waals surface area (Å²) in [5.74, 6) is 0.147. The molecule has 1 aromatic carbocycles. The van der Waals surface area contributed by atoms with E-state index in [1.54, 1.807) is 0 Å². The summed E-state index contributed by atoms with van der Waals surface area (Å²) in [5.41, 5.74) is 0.907. The van der Waals surface area contributed by atoms with E-state index in [0.29, 0.717) is 6.54 Å². The van der Waals surface area contributed by atoms with E-state index in [4.69, 9.17) is 0 Å². The van der Waals surface area contributed by atoms with E-state index in [0.717, 1.165) is 32.2 Å². The van der Waals surface area contributed by atoms with Crippen LogP contribution < -0.4 is 5.32 Å². The third-order valence-electron chi connectivity index (χ3n) is 4.82. The van der Waals surface area contributed by atoms with Crippen molar-refractivity contribution < 1.29 is 9.59 Å². The summed E-state index contributed by atoms with van der Waals surface area (Å²) in [6.07, 6.45) is 3.65. The number of rotatable bonds is 5. The highest BCUT2D eigenvalue weighted by atomic mass is 16.2. The van der Waals surface area contributed by atoms with Crippen molar-refractivity contribution in [1.82, 2.24) is 10.2 Å². The van der Waals surface area contributed by atoms with Crippen molar-refractivity contribution in [2.45, 2.75) is 59.4 Å². The van der Waals surface area contributed by atoms with Gasteiger partial charge in [-0.05, 0) is 38.2 Å². The van der Waals surface area contributed by atoms with Crippen LogP contribution in [0.15, 0.2) is 30.3 Å². The highest BCUT2D eigenvalue weighted by molar-refractivity contribution is 5.84. The molecule has 0 radical (unpaired) electrons. The van der Waals surface area contributed by atoms with Crippen LogP contribution in [0.25, 0.3) is 0 Å². The van der Waals surface area contributed by atoms with Gasteiger partial charge in [-0.3, -0.25) is 9.59 Å². The molecule has 4 nitrogen and oxygen atoms in total. The number of hydrogen-bond acceptors (Lipinski definition) is 2. The number of likely N-dealkylation sites (tertiary alicyclic amines) is 1. The van der Waals surface area contributed by atoms with Crippen molar-refractivity contribution in [3.63, 3.8) is 0 Å². The van der Waals surface area contributed by atoms with Gasteiger partial charge < -0.3 is 10.2 Å². The van der Waals surface area contributed by atoms with Crippen LogP contribution in [0.1, 0.15) is 52.5 Å². The number of nitrogens with zero attached hydrogens (tertiary/aromatic N) is 1. The molecule has 2 rings (SSSR count). The lowest BCUT2D eigenvalue weighted by Gasteiger charge is -2.36. The van der Waals surface area contributed by atoms with E-state index in [1.165, 1.54) is 5.56 Å². The van der Waals surface area contributed by atoms with Crippen molar-refractivity contribution in [1.29, 1.82) is 0 Å². The number of carbonyl (C=O) groups is 2. The lowest BCUT2D eigenvalue weighted by Crippen LogP contribution is -2.49. The lowest BCUT2D eigenvalue weighted by atomic mass is 9.90. The minimum Gasteiger partial charge on any atom is -0.353 e. The predicted octanol–water partition coefficient (Wildman–Crippen LogP) is 3.41. The van der Waals surface area contributed by atoms with E-state index in [-0.39, 0.29) is 29.2 Å². The van der Waals surface area contributed by atoms with Gasteiger partial charge in [-0.25, -0.2) is 0 Å². The summed E-state index contributed by atoms with van der Waals surface area (Å²) in [7, 11) is 0. The molecule has 1 aliphatic rings. The Morgan fingerprint density at radius 3 is 2.56 bits per heavy atom. The number of benzene rings is 1. The number of hydrogen-bond donors (Lipinski definition) is 1. The summed E-state index contributed by atoms with van der Waals surface area (Å²) in [6.45, 7) is 9.18. The molecule has 0 unspecified atom stereocenters. The first-order valence-electron chi connectivity index (χ1n) is 9.41. The van der Waals surface area contributed by atoms with Crippen molar-refractivity contribution >= 4 is 11.8 Å². The maximum Gasteiger partial charge on any atom is 0.227 e. The first-order valence-corrected chi connectivity index (χ1v) is 9.41. The number of nitrogens with one attached hydrogen (secondary N) is 1. The van der Waals surface area contributed by atoms with Crippen molar-refractivity contribution in [2.24, 2.45) is 11.3 Å². The van der Waals surface area contributed by atoms with Crippen LogP contribution in [0.4, 0.5) is 0 Å². The normalized spacial score (nSPS) is 19.4. The lowest BCUT2D eigenvalue weighted by molar-refractivity contribution is -0.142. The highest BCUT2D eigenvalue weighted by Crippen LogP contribution is 2.23. The number of piperidine rings is 1. The first kappa shape index (κ1) is 19.5. The van der Waals surface area contributed by atoms with E-state index in [2.05, 4.69) is 24.4 Å². The van der Waals surface area contributed by atoms with Crippen LogP contribution in [0.2, 0.25) is 0 Å². The summed E-state index contributed by atoms with van der Waals surface area (Å²) in [5, 5.41) is 3.14. The Morgan fingerprint density at radius 2 is 1.92 bits per heavy atom. The molecule has 25 heavy (non-hydrogen) atoms. The summed E-state index contributed by atoms with van der Waals surface area (Å²) >= 11 is 0. The molecule has 2 amide bonds. The maximum absolute atomic E-state index is 12.6. The Hall–Kier alpha value is -1.84. The largest absolute Gasteiger partial charge is 0.353 e. The van der Waals surface area contributed by atoms with Crippen LogP contribution in [0, 0.1) is 11.3 Å². The Balaban J connectivity index is 1.82. The molecule has 1 fully saturated rings. The van der Waals surface area contributed by atoms with Crippen molar-refractivity contribution in [3.8, 4) is 0 Å². The molecule has 4 heteroatoms. The van der Waals surface area contributed by atoms with Crippen LogP contribution in [-0.2, 0) is 16.0 Å². The Kier molecular flexibility index (Phi) is 6.63. The average Bonchev–Trinajstić information content (AvgIpc) is 2.59. The second kappa shape index (κ2) is 8.50. The molecular weight excluding hydrogens is 312 g/mol. The zero-order valence-electron chi connectivity index (χ0n) is 16.0. The van der Waals surface area contributed by atoms with E-state index >= 15 is 0 Å². The van der Waals surface area contributed by atoms with E-state index in [1.807, 2.05) is 43.9 Å². The van der Waals surface area contributed by atoms with Crippen LogP contribution in [0.5, 0.6) is 0 Å². The molecule has 1 saturated heterocycles. The molecule has 138 valence electrons. The van der Waals surface area contributed by atoms with Gasteiger partial charge in [0.2, 0.25) is 11.8 Å². The van der Waals surface area contributed by atoms with Gasteiger partial charge >= 0.3 is 0 Å². The highest BCUT2D eigenvalue weighted by Gasteiger charge is 2.33. The molecule has 0 aromatic heterocycles. The van der Waals surface area contributed by atoms with Gasteiger partial charge in [-0.1, -0.05) is 51.1 Å². The van der Waals surface area contributed by atoms with Crippen molar-refractivity contribution in [2.75, 3.05) is 13.1 Å². The van der Waals surface area contributed by atoms with E-state index < -0.39 is 0 Å². The van der Waals surface area contributed by atoms with Gasteiger partial charge in [0.1, 0.15) is 0 Å². The summed E-state index contributed by atoms with van der Waals surface area (Å²) in [4.78, 5) is 26.9. The average molecular weight is 344 g/mol. The monoisotopic (exact) mass is 344 g/mol. The van der Waals surface area contributed by atoms with Gasteiger partial charge in [0.05, 0.1) is 5.92 Å². The second-order valence-corrected chi connectivity index (χ2v) is 8.27. The molecule has 0 bridgehead atoms. The predicted molar refractivity (Wildman–Crippen MR) is 101 cm³/mol. The fraction of sp³-hybridized carbons (Fsp3) is 0.619. The molecule has 1 heterocycles. The Bertz CT molecular complexity index is 577. The second-order valence-electron chi connectivity index (χ2n) is 8.27. The standard InChI is InChI=1S/C21H32N2O2/c1-16(12-13-17-9-6-5-7-10-17)22-19(24)18-11-8-14-23(15-18)20(25)21(2,3)4/h5-7,9-10,16,18H,8,11-15H2,1-4H3,(H,22,24)/t16-,18-/m0/s1. The summed E-state index contributed by atoms with van der Waals surface area (Å²) in [6, 6.07) is 10.5. The van der Waals surface area contributed by atoms with Crippen molar-refractivity contribution in [3.05, 3.63) is 35.9 Å². The molecule has 0 spiro atoms. The summed E-state index contributed by atoms with van der Waals surface area (Å²) < 4.78 is 0. The van der Waals surface area contributed by atoms with Gasteiger partial charge in [0.25, 0.3) is 0 Å². The maximum atomic E-state index is 12.6. The minimum absolute atomic E-state index is 0.0841. The molecular formula is C21H32N2O2. The minimum atomic E-state index is -0.388. The molecule has 1 N–H and O–H groups in total. The zero-order valence-corrected chi connectivity index (χ0v) is 16.0. The smallest absolute Gasteiger partial charge is 0.227 e. The third-order valence-corrected chi connectivity index (χ3v) is 4.82. The van der Waals surface area contributed by atoms with E-state index in [9.17, 15) is 9.59 Å². The molecule has 1 aromatic rings. The Labute approximate surface area is 152 Å². The fourth-order valence-electron chi connectivity index (χ4n) is 3.31. The van der Waals surface area contributed by atoms with Gasteiger partial charge in [0.15, 0.2) is 0 Å². The Morgan fingerprint density at radius 1 is 1.24 bits per heavy atom. The van der Waals surface area contributed by atoms with Crippen LogP contribution in [-0.4, -0.2) is 35.8 Å². The van der Waals surface area contributed by atoms with Crippen LogP contribution in [0.3, 0.4) is 0 Å².